The predicted octanol–water partition coefficient (Wildman–Crippen LogP) is 3.56. The molecule has 7 nitrogen and oxygen atoms in total. The predicted molar refractivity (Wildman–Crippen MR) is 102 cm³/mol. The average Bonchev–Trinajstić information content (AvgIpc) is 2.98. The van der Waals surface area contributed by atoms with Gasteiger partial charge in [0.2, 0.25) is 0 Å². The Morgan fingerprint density at radius 1 is 1.44 bits per heavy atom. The highest BCUT2D eigenvalue weighted by Crippen LogP contribution is 2.49. The first kappa shape index (κ1) is 20.3. The van der Waals surface area contributed by atoms with Gasteiger partial charge in [0.25, 0.3) is 0 Å². The monoisotopic (exact) mass is 387 g/mol. The lowest BCUT2D eigenvalue weighted by Crippen LogP contribution is -2.33. The van der Waals surface area contributed by atoms with Crippen molar-refractivity contribution >= 4 is 31.2 Å². The summed E-state index contributed by atoms with van der Waals surface area (Å²) < 4.78 is 18.2. The largest absolute Gasteiger partial charge is 0.440 e. The van der Waals surface area contributed by atoms with Gasteiger partial charge in [0, 0.05) is 12.3 Å². The van der Waals surface area contributed by atoms with Crippen molar-refractivity contribution in [3.05, 3.63) is 29.8 Å². The lowest BCUT2D eigenvalue weighted by Gasteiger charge is -2.25. The third-order valence-corrected chi connectivity index (χ3v) is 6.83. The van der Waals surface area contributed by atoms with E-state index in [1.165, 1.54) is 0 Å². The van der Waals surface area contributed by atoms with Crippen LogP contribution in [0.1, 0.15) is 37.1 Å². The van der Waals surface area contributed by atoms with Gasteiger partial charge in [-0.15, -0.1) is 11.8 Å². The minimum absolute atomic E-state index is 0.104. The SMILES string of the molecule is CCCCCOP(=O)(O)N(C(N)=O)c1ccc(C2SCCN2C)cc1. The lowest BCUT2D eigenvalue weighted by atomic mass is 10.2. The molecular weight excluding hydrogens is 361 g/mol. The molecule has 2 unspecified atom stereocenters. The number of carbonyl (C=O) groups is 1. The zero-order valence-corrected chi connectivity index (χ0v) is 16.3. The number of unbranched alkanes of at least 4 members (excludes halogenated alkanes) is 2. The summed E-state index contributed by atoms with van der Waals surface area (Å²) in [6.45, 7) is 3.14. The molecule has 2 amide bonds. The van der Waals surface area contributed by atoms with Gasteiger partial charge in [-0.3, -0.25) is 9.42 Å². The fourth-order valence-electron chi connectivity index (χ4n) is 2.67. The van der Waals surface area contributed by atoms with Crippen LogP contribution >= 0.6 is 19.5 Å². The number of anilines is 1. The summed E-state index contributed by atoms with van der Waals surface area (Å²) in [6.07, 6.45) is 2.50. The van der Waals surface area contributed by atoms with Crippen molar-refractivity contribution in [2.75, 3.05) is 30.6 Å². The average molecular weight is 387 g/mol. The third-order valence-electron chi connectivity index (χ3n) is 4.01. The Kier molecular flexibility index (Phi) is 7.34. The van der Waals surface area contributed by atoms with Gasteiger partial charge in [-0.05, 0) is 31.2 Å². The van der Waals surface area contributed by atoms with E-state index in [9.17, 15) is 14.3 Å². The molecular formula is C16H26N3O4PS. The maximum Gasteiger partial charge on any atom is 0.440 e. The van der Waals surface area contributed by atoms with Crippen molar-refractivity contribution in [1.29, 1.82) is 0 Å². The summed E-state index contributed by atoms with van der Waals surface area (Å²) in [5.74, 6) is 1.06. The second-order valence-electron chi connectivity index (χ2n) is 5.98. The van der Waals surface area contributed by atoms with E-state index < -0.39 is 13.8 Å². The van der Waals surface area contributed by atoms with Crippen LogP contribution in [0.2, 0.25) is 0 Å². The number of nitrogens with zero attached hydrogens (tertiary/aromatic N) is 2. The third kappa shape index (κ3) is 5.21. The van der Waals surface area contributed by atoms with Crippen LogP contribution in [0.25, 0.3) is 0 Å². The standard InChI is InChI=1S/C16H26N3O4PS/c1-3-4-5-11-23-24(21,22)19(16(17)20)14-8-6-13(7-9-14)15-18(2)10-12-25-15/h6-9,15H,3-5,10-12H2,1-2H3,(H2,17,20)(H,21,22). The Balaban J connectivity index is 2.13. The number of thioether (sulfide) groups is 1. The highest BCUT2D eigenvalue weighted by atomic mass is 32.2. The van der Waals surface area contributed by atoms with Crippen LogP contribution in [0.5, 0.6) is 0 Å². The molecule has 1 fully saturated rings. The molecule has 1 aliphatic heterocycles. The molecule has 9 heteroatoms. The number of rotatable bonds is 8. The first-order valence-corrected chi connectivity index (χ1v) is 10.9. The van der Waals surface area contributed by atoms with Crippen LogP contribution in [0.15, 0.2) is 24.3 Å². The zero-order valence-electron chi connectivity index (χ0n) is 14.6. The molecule has 1 aromatic rings. The number of carbonyl (C=O) groups excluding carboxylic acids is 1. The number of nitrogens with two attached hydrogens (primary N) is 1. The van der Waals surface area contributed by atoms with E-state index in [0.717, 1.165) is 30.7 Å². The molecule has 0 radical (unpaired) electrons. The van der Waals surface area contributed by atoms with Gasteiger partial charge in [0.1, 0.15) is 0 Å². The van der Waals surface area contributed by atoms with E-state index in [1.807, 2.05) is 30.8 Å². The summed E-state index contributed by atoms with van der Waals surface area (Å²) in [6, 6.07) is 5.95. The molecule has 2 rings (SSSR count). The highest BCUT2D eigenvalue weighted by molar-refractivity contribution is 7.99. The van der Waals surface area contributed by atoms with Crippen LogP contribution in [0, 0.1) is 0 Å². The second-order valence-corrected chi connectivity index (χ2v) is 8.80. The van der Waals surface area contributed by atoms with Gasteiger partial charge in [0.15, 0.2) is 0 Å². The van der Waals surface area contributed by atoms with Gasteiger partial charge in [0.05, 0.1) is 17.7 Å². The number of hydrogen-bond acceptors (Lipinski definition) is 5. The van der Waals surface area contributed by atoms with Gasteiger partial charge in [-0.2, -0.15) is 4.67 Å². The van der Waals surface area contributed by atoms with Crippen LogP contribution in [-0.2, 0) is 9.09 Å². The Bertz CT molecular complexity index is 628. The minimum Gasteiger partial charge on any atom is -0.351 e. The topological polar surface area (TPSA) is 96.1 Å². The highest BCUT2D eigenvalue weighted by Gasteiger charge is 2.34. The van der Waals surface area contributed by atoms with Gasteiger partial charge < -0.3 is 10.6 Å². The fraction of sp³-hybridized carbons (Fsp3) is 0.562. The molecule has 1 saturated heterocycles. The molecule has 0 aliphatic carbocycles. The number of amides is 2. The van der Waals surface area contributed by atoms with Crippen LogP contribution in [0.4, 0.5) is 10.5 Å². The van der Waals surface area contributed by atoms with E-state index >= 15 is 0 Å². The smallest absolute Gasteiger partial charge is 0.351 e. The van der Waals surface area contributed by atoms with E-state index in [2.05, 4.69) is 11.9 Å². The molecule has 0 spiro atoms. The molecule has 1 aromatic carbocycles. The molecule has 25 heavy (non-hydrogen) atoms. The Morgan fingerprint density at radius 2 is 2.12 bits per heavy atom. The number of hydrogen-bond donors (Lipinski definition) is 2. The zero-order chi connectivity index (χ0) is 18.4. The number of primary amides is 1. The first-order valence-electron chi connectivity index (χ1n) is 8.36. The van der Waals surface area contributed by atoms with E-state index in [0.29, 0.717) is 11.1 Å². The van der Waals surface area contributed by atoms with Crippen molar-refractivity contribution in [3.8, 4) is 0 Å². The quantitative estimate of drug-likeness (QED) is 0.523. The normalized spacial score (nSPS) is 20.4. The van der Waals surface area contributed by atoms with Gasteiger partial charge in [-0.1, -0.05) is 31.9 Å². The van der Waals surface area contributed by atoms with Crippen LogP contribution in [-0.4, -0.2) is 41.8 Å². The lowest BCUT2D eigenvalue weighted by molar-refractivity contribution is 0.240. The van der Waals surface area contributed by atoms with Crippen molar-refractivity contribution in [2.45, 2.75) is 31.6 Å². The molecule has 0 bridgehead atoms. The second kappa shape index (κ2) is 9.05. The van der Waals surface area contributed by atoms with E-state index in [4.69, 9.17) is 10.3 Å². The molecule has 3 N–H and O–H groups in total. The van der Waals surface area contributed by atoms with Crippen molar-refractivity contribution in [2.24, 2.45) is 5.73 Å². The number of urea groups is 1. The van der Waals surface area contributed by atoms with E-state index in [1.54, 1.807) is 12.1 Å². The molecule has 2 atom stereocenters. The van der Waals surface area contributed by atoms with Crippen molar-refractivity contribution in [3.63, 3.8) is 0 Å². The summed E-state index contributed by atoms with van der Waals surface area (Å²) in [4.78, 5) is 24.2. The molecule has 1 heterocycles. The molecule has 1 aliphatic rings. The number of benzene rings is 1. The van der Waals surface area contributed by atoms with Crippen LogP contribution < -0.4 is 10.4 Å². The van der Waals surface area contributed by atoms with E-state index in [-0.39, 0.29) is 17.7 Å². The Labute approximate surface area is 153 Å². The summed E-state index contributed by atoms with van der Waals surface area (Å²) in [5, 5.41) is 0.252. The van der Waals surface area contributed by atoms with Crippen LogP contribution in [0.3, 0.4) is 0 Å². The first-order chi connectivity index (χ1) is 11.9. The minimum atomic E-state index is -4.33. The van der Waals surface area contributed by atoms with Crippen molar-refractivity contribution in [1.82, 2.24) is 4.90 Å². The maximum absolute atomic E-state index is 12.5. The van der Waals surface area contributed by atoms with Gasteiger partial charge >= 0.3 is 13.8 Å². The Morgan fingerprint density at radius 3 is 2.64 bits per heavy atom. The summed E-state index contributed by atoms with van der Waals surface area (Å²) >= 11 is 1.84. The molecule has 0 saturated carbocycles. The fourth-order valence-corrected chi connectivity index (χ4v) is 5.16. The molecule has 0 aromatic heterocycles. The maximum atomic E-state index is 12.5. The Hall–Kier alpha value is -1.05. The summed E-state index contributed by atoms with van der Waals surface area (Å²) in [7, 11) is -2.27. The summed E-state index contributed by atoms with van der Waals surface area (Å²) in [5.41, 5.74) is 6.66. The van der Waals surface area contributed by atoms with Crippen molar-refractivity contribution < 1.29 is 18.8 Å². The van der Waals surface area contributed by atoms with Gasteiger partial charge in [-0.25, -0.2) is 9.36 Å². The molecule has 140 valence electrons.